The third-order valence-corrected chi connectivity index (χ3v) is 5.40. The van der Waals surface area contributed by atoms with Gasteiger partial charge in [0.15, 0.2) is 0 Å². The number of sulfonamides is 1. The second kappa shape index (κ2) is 7.27. The molecule has 3 nitrogen and oxygen atoms in total. The molecule has 0 aromatic heterocycles. The first-order valence-corrected chi connectivity index (χ1v) is 8.46. The van der Waals surface area contributed by atoms with Crippen LogP contribution in [0, 0.1) is 13.8 Å². The summed E-state index contributed by atoms with van der Waals surface area (Å²) in [6.45, 7) is 4.26. The van der Waals surface area contributed by atoms with Gasteiger partial charge in [0.25, 0.3) is 0 Å². The summed E-state index contributed by atoms with van der Waals surface area (Å²) in [5, 5.41) is 0. The van der Waals surface area contributed by atoms with Crippen LogP contribution in [0.5, 0.6) is 0 Å². The van der Waals surface area contributed by atoms with Gasteiger partial charge < -0.3 is 0 Å². The maximum absolute atomic E-state index is 12.5. The van der Waals surface area contributed by atoms with Crippen LogP contribution in [0.25, 0.3) is 0 Å². The molecule has 1 aromatic carbocycles. The molecule has 0 saturated heterocycles. The Labute approximate surface area is 121 Å². The number of alkyl halides is 1. The van der Waals surface area contributed by atoms with Gasteiger partial charge >= 0.3 is 0 Å². The molecular formula is C14H22ClNO2S. The molecule has 19 heavy (non-hydrogen) atoms. The Balaban J connectivity index is 2.82. The summed E-state index contributed by atoms with van der Waals surface area (Å²) < 4.78 is 26.4. The summed E-state index contributed by atoms with van der Waals surface area (Å²) in [5.41, 5.74) is 1.75. The van der Waals surface area contributed by atoms with Crippen molar-refractivity contribution in [2.75, 3.05) is 19.5 Å². The lowest BCUT2D eigenvalue weighted by molar-refractivity contribution is 0.454. The SMILES string of the molecule is Cc1ccc(C)c(S(=O)(=O)N(C)CCCCCCl)c1. The number of halogens is 1. The van der Waals surface area contributed by atoms with Gasteiger partial charge in [-0.1, -0.05) is 18.6 Å². The van der Waals surface area contributed by atoms with Crippen molar-refractivity contribution in [3.8, 4) is 0 Å². The van der Waals surface area contributed by atoms with Crippen molar-refractivity contribution in [3.05, 3.63) is 29.3 Å². The standard InChI is InChI=1S/C14H22ClNO2S/c1-12-7-8-13(2)14(11-12)19(17,18)16(3)10-6-4-5-9-15/h7-8,11H,4-6,9-10H2,1-3H3. The maximum Gasteiger partial charge on any atom is 0.243 e. The van der Waals surface area contributed by atoms with Gasteiger partial charge in [-0.2, -0.15) is 0 Å². The zero-order valence-corrected chi connectivity index (χ0v) is 13.4. The fraction of sp³-hybridized carbons (Fsp3) is 0.571. The van der Waals surface area contributed by atoms with Gasteiger partial charge in [-0.3, -0.25) is 0 Å². The molecule has 108 valence electrons. The molecule has 0 spiro atoms. The van der Waals surface area contributed by atoms with E-state index in [9.17, 15) is 8.42 Å². The summed E-state index contributed by atoms with van der Waals surface area (Å²) in [5.74, 6) is 0.632. The Morgan fingerprint density at radius 1 is 1.16 bits per heavy atom. The molecule has 0 radical (unpaired) electrons. The van der Waals surface area contributed by atoms with Crippen LogP contribution < -0.4 is 0 Å². The van der Waals surface area contributed by atoms with E-state index in [-0.39, 0.29) is 0 Å². The van der Waals surface area contributed by atoms with Crippen molar-refractivity contribution in [2.24, 2.45) is 0 Å². The minimum Gasteiger partial charge on any atom is -0.207 e. The maximum atomic E-state index is 12.5. The van der Waals surface area contributed by atoms with E-state index in [2.05, 4.69) is 0 Å². The molecule has 0 aliphatic heterocycles. The highest BCUT2D eigenvalue weighted by Gasteiger charge is 2.22. The van der Waals surface area contributed by atoms with Crippen molar-refractivity contribution in [3.63, 3.8) is 0 Å². The Morgan fingerprint density at radius 2 is 1.84 bits per heavy atom. The summed E-state index contributed by atoms with van der Waals surface area (Å²) in [6, 6.07) is 5.51. The Kier molecular flexibility index (Phi) is 6.30. The molecule has 1 aromatic rings. The molecule has 0 fully saturated rings. The fourth-order valence-corrected chi connectivity index (χ4v) is 3.58. The molecule has 0 aliphatic carbocycles. The monoisotopic (exact) mass is 303 g/mol. The largest absolute Gasteiger partial charge is 0.243 e. The number of nitrogens with zero attached hydrogens (tertiary/aromatic N) is 1. The van der Waals surface area contributed by atoms with Crippen LogP contribution in [0.1, 0.15) is 30.4 Å². The summed E-state index contributed by atoms with van der Waals surface area (Å²) >= 11 is 5.61. The topological polar surface area (TPSA) is 37.4 Å². The molecular weight excluding hydrogens is 282 g/mol. The van der Waals surface area contributed by atoms with Crippen LogP contribution in [0.15, 0.2) is 23.1 Å². The van der Waals surface area contributed by atoms with Crippen molar-refractivity contribution >= 4 is 21.6 Å². The molecule has 1 rings (SSSR count). The zero-order chi connectivity index (χ0) is 14.5. The van der Waals surface area contributed by atoms with Crippen LogP contribution in [0.3, 0.4) is 0 Å². The molecule has 0 saturated carbocycles. The van der Waals surface area contributed by atoms with Crippen molar-refractivity contribution in [1.82, 2.24) is 4.31 Å². The molecule has 0 heterocycles. The van der Waals surface area contributed by atoms with Crippen LogP contribution in [0.4, 0.5) is 0 Å². The van der Waals surface area contributed by atoms with Gasteiger partial charge in [-0.15, -0.1) is 11.6 Å². The van der Waals surface area contributed by atoms with Gasteiger partial charge in [0.2, 0.25) is 10.0 Å². The fourth-order valence-electron chi connectivity index (χ4n) is 1.88. The quantitative estimate of drug-likeness (QED) is 0.572. The highest BCUT2D eigenvalue weighted by Crippen LogP contribution is 2.20. The minimum atomic E-state index is -3.38. The third kappa shape index (κ3) is 4.48. The predicted octanol–water partition coefficient (Wildman–Crippen LogP) is 3.33. The van der Waals surface area contributed by atoms with Gasteiger partial charge in [0.1, 0.15) is 0 Å². The molecule has 0 atom stereocenters. The molecule has 0 aliphatic rings. The lowest BCUT2D eigenvalue weighted by atomic mass is 10.2. The van der Waals surface area contributed by atoms with E-state index in [0.717, 1.165) is 30.4 Å². The van der Waals surface area contributed by atoms with Crippen LogP contribution in [-0.4, -0.2) is 32.2 Å². The molecule has 5 heteroatoms. The van der Waals surface area contributed by atoms with Crippen LogP contribution in [-0.2, 0) is 10.0 Å². The summed E-state index contributed by atoms with van der Waals surface area (Å²) in [7, 11) is -1.74. The minimum absolute atomic E-state index is 0.410. The zero-order valence-electron chi connectivity index (χ0n) is 11.8. The molecule has 0 unspecified atom stereocenters. The first-order chi connectivity index (χ1) is 8.89. The summed E-state index contributed by atoms with van der Waals surface area (Å²) in [4.78, 5) is 0.410. The average Bonchev–Trinajstić information content (AvgIpc) is 2.37. The van der Waals surface area contributed by atoms with Gasteiger partial charge in [-0.05, 0) is 43.9 Å². The number of hydrogen-bond donors (Lipinski definition) is 0. The van der Waals surface area contributed by atoms with Gasteiger partial charge in [0, 0.05) is 19.5 Å². The number of aryl methyl sites for hydroxylation is 2. The van der Waals surface area contributed by atoms with Crippen molar-refractivity contribution in [1.29, 1.82) is 0 Å². The van der Waals surface area contributed by atoms with Crippen molar-refractivity contribution in [2.45, 2.75) is 38.0 Å². The number of unbranched alkanes of at least 4 members (excludes halogenated alkanes) is 2. The average molecular weight is 304 g/mol. The number of hydrogen-bond acceptors (Lipinski definition) is 2. The summed E-state index contributed by atoms with van der Waals surface area (Å²) in [6.07, 6.45) is 2.72. The lowest BCUT2D eigenvalue weighted by Crippen LogP contribution is -2.28. The first-order valence-electron chi connectivity index (χ1n) is 6.49. The third-order valence-electron chi connectivity index (χ3n) is 3.14. The van der Waals surface area contributed by atoms with E-state index in [1.54, 1.807) is 13.1 Å². The molecule has 0 bridgehead atoms. The second-order valence-electron chi connectivity index (χ2n) is 4.85. The Morgan fingerprint density at radius 3 is 2.47 bits per heavy atom. The van der Waals surface area contributed by atoms with E-state index >= 15 is 0 Å². The Hall–Kier alpha value is -0.580. The molecule has 0 amide bonds. The Bertz CT molecular complexity index is 514. The first kappa shape index (κ1) is 16.5. The van der Waals surface area contributed by atoms with Crippen molar-refractivity contribution < 1.29 is 8.42 Å². The van der Waals surface area contributed by atoms with Gasteiger partial charge in [-0.25, -0.2) is 12.7 Å². The highest BCUT2D eigenvalue weighted by atomic mass is 35.5. The van der Waals surface area contributed by atoms with E-state index in [1.807, 2.05) is 26.0 Å². The van der Waals surface area contributed by atoms with Gasteiger partial charge in [0.05, 0.1) is 4.90 Å². The number of benzene rings is 1. The number of rotatable bonds is 7. The lowest BCUT2D eigenvalue weighted by Gasteiger charge is -2.18. The van der Waals surface area contributed by atoms with Crippen LogP contribution >= 0.6 is 11.6 Å². The molecule has 0 N–H and O–H groups in total. The second-order valence-corrected chi connectivity index (χ2v) is 7.24. The van der Waals surface area contributed by atoms with E-state index in [0.29, 0.717) is 17.3 Å². The van der Waals surface area contributed by atoms with E-state index in [4.69, 9.17) is 11.6 Å². The smallest absolute Gasteiger partial charge is 0.207 e. The predicted molar refractivity (Wildman–Crippen MR) is 80.3 cm³/mol. The van der Waals surface area contributed by atoms with Crippen LogP contribution in [0.2, 0.25) is 0 Å². The highest BCUT2D eigenvalue weighted by molar-refractivity contribution is 7.89. The van der Waals surface area contributed by atoms with E-state index < -0.39 is 10.0 Å². The van der Waals surface area contributed by atoms with E-state index in [1.165, 1.54) is 4.31 Å². The normalized spacial score (nSPS) is 12.1.